The second-order valence-electron chi connectivity index (χ2n) is 6.71. The number of hydrogen-bond donors (Lipinski definition) is 0. The summed E-state index contributed by atoms with van der Waals surface area (Å²) < 4.78 is 9.73. The highest BCUT2D eigenvalue weighted by atomic mass is 35.5. The Kier molecular flexibility index (Phi) is 4.95. The van der Waals surface area contributed by atoms with Crippen LogP contribution in [0.2, 0.25) is 10.0 Å². The van der Waals surface area contributed by atoms with Gasteiger partial charge in [-0.15, -0.1) is 0 Å². The maximum absolute atomic E-state index is 12.9. The molecule has 1 aromatic carbocycles. The molecule has 0 N–H and O–H groups in total. The number of rotatable bonds is 3. The summed E-state index contributed by atoms with van der Waals surface area (Å²) in [5.41, 5.74) is 0.697. The Hall–Kier alpha value is -2.29. The first-order valence-corrected chi connectivity index (χ1v) is 9.57. The van der Waals surface area contributed by atoms with Crippen molar-refractivity contribution in [3.63, 3.8) is 0 Å². The van der Waals surface area contributed by atoms with Crippen LogP contribution in [0.25, 0.3) is 11.2 Å². The van der Waals surface area contributed by atoms with Gasteiger partial charge < -0.3 is 9.64 Å². The van der Waals surface area contributed by atoms with E-state index in [0.717, 1.165) is 10.1 Å². The average molecular weight is 424 g/mol. The first kappa shape index (κ1) is 19.0. The van der Waals surface area contributed by atoms with Gasteiger partial charge in [0.05, 0.1) is 19.8 Å². The summed E-state index contributed by atoms with van der Waals surface area (Å²) in [5, 5.41) is 1.04. The largest absolute Gasteiger partial charge is 0.378 e. The summed E-state index contributed by atoms with van der Waals surface area (Å²) >= 11 is 12.4. The first-order valence-electron chi connectivity index (χ1n) is 8.81. The van der Waals surface area contributed by atoms with Gasteiger partial charge in [0.15, 0.2) is 11.2 Å². The van der Waals surface area contributed by atoms with E-state index in [2.05, 4.69) is 9.88 Å². The van der Waals surface area contributed by atoms with Crippen molar-refractivity contribution < 1.29 is 4.74 Å². The quantitative estimate of drug-likeness (QED) is 0.639. The number of anilines is 1. The predicted octanol–water partition coefficient (Wildman–Crippen LogP) is 1.63. The van der Waals surface area contributed by atoms with E-state index >= 15 is 0 Å². The predicted molar refractivity (Wildman–Crippen MR) is 109 cm³/mol. The van der Waals surface area contributed by atoms with E-state index in [1.807, 2.05) is 10.6 Å². The zero-order valence-electron chi connectivity index (χ0n) is 15.5. The smallest absolute Gasteiger partial charge is 0.332 e. The highest BCUT2D eigenvalue weighted by Gasteiger charge is 2.24. The third-order valence-corrected chi connectivity index (χ3v) is 5.55. The molecule has 4 rings (SSSR count). The van der Waals surface area contributed by atoms with Crippen molar-refractivity contribution in [3.05, 3.63) is 54.6 Å². The highest BCUT2D eigenvalue weighted by molar-refractivity contribution is 6.35. The van der Waals surface area contributed by atoms with Gasteiger partial charge in [0, 0.05) is 37.2 Å². The van der Waals surface area contributed by atoms with Gasteiger partial charge >= 0.3 is 5.69 Å². The van der Waals surface area contributed by atoms with E-state index in [0.29, 0.717) is 60.0 Å². The molecule has 0 spiro atoms. The molecular weight excluding hydrogens is 405 g/mol. The zero-order valence-corrected chi connectivity index (χ0v) is 17.0. The van der Waals surface area contributed by atoms with Gasteiger partial charge in [-0.3, -0.25) is 18.5 Å². The van der Waals surface area contributed by atoms with Crippen molar-refractivity contribution in [2.75, 3.05) is 31.2 Å². The zero-order chi connectivity index (χ0) is 20.0. The van der Waals surface area contributed by atoms with Crippen LogP contribution in [0.15, 0.2) is 27.8 Å². The summed E-state index contributed by atoms with van der Waals surface area (Å²) in [6.45, 7) is 2.76. The van der Waals surface area contributed by atoms with E-state index < -0.39 is 11.2 Å². The van der Waals surface area contributed by atoms with E-state index in [4.69, 9.17) is 27.9 Å². The van der Waals surface area contributed by atoms with Crippen molar-refractivity contribution >= 4 is 40.3 Å². The van der Waals surface area contributed by atoms with Crippen LogP contribution in [0.1, 0.15) is 5.56 Å². The molecule has 10 heteroatoms. The lowest BCUT2D eigenvalue weighted by molar-refractivity contribution is 0.121. The van der Waals surface area contributed by atoms with Crippen LogP contribution in [0.5, 0.6) is 0 Å². The number of aryl methyl sites for hydroxylation is 1. The number of nitrogens with zero attached hydrogens (tertiary/aromatic N) is 5. The standard InChI is InChI=1S/C18H19Cl2N5O3/c1-22-15-14(16(26)23(2)18(22)27)25(10-11-3-4-12(19)9-13(11)20)17(21-15)24-5-7-28-8-6-24/h3-4,9H,5-8,10H2,1-2H3. The maximum Gasteiger partial charge on any atom is 0.332 e. The van der Waals surface area contributed by atoms with Crippen LogP contribution in [0, 0.1) is 0 Å². The van der Waals surface area contributed by atoms with Crippen molar-refractivity contribution in [3.8, 4) is 0 Å². The number of benzene rings is 1. The van der Waals surface area contributed by atoms with Crippen LogP contribution in [-0.2, 0) is 25.4 Å². The van der Waals surface area contributed by atoms with E-state index in [-0.39, 0.29) is 0 Å². The van der Waals surface area contributed by atoms with Gasteiger partial charge in [0.25, 0.3) is 5.56 Å². The van der Waals surface area contributed by atoms with E-state index in [1.165, 1.54) is 11.6 Å². The summed E-state index contributed by atoms with van der Waals surface area (Å²) in [7, 11) is 3.07. The lowest BCUT2D eigenvalue weighted by atomic mass is 10.2. The van der Waals surface area contributed by atoms with Gasteiger partial charge in [0.2, 0.25) is 5.95 Å². The Morgan fingerprint density at radius 2 is 1.82 bits per heavy atom. The van der Waals surface area contributed by atoms with Crippen LogP contribution < -0.4 is 16.1 Å². The van der Waals surface area contributed by atoms with Gasteiger partial charge in [-0.1, -0.05) is 29.3 Å². The SMILES string of the molecule is Cn1c(=O)c2c(nc(N3CCOCC3)n2Cc2ccc(Cl)cc2Cl)n(C)c1=O. The molecule has 0 bridgehead atoms. The fraction of sp³-hybridized carbons (Fsp3) is 0.389. The molecule has 2 aromatic heterocycles. The molecule has 0 saturated carbocycles. The molecule has 1 saturated heterocycles. The molecule has 1 aliphatic heterocycles. The third-order valence-electron chi connectivity index (χ3n) is 4.97. The summed E-state index contributed by atoms with van der Waals surface area (Å²) in [6, 6.07) is 5.25. The lowest BCUT2D eigenvalue weighted by Crippen LogP contribution is -2.38. The molecule has 28 heavy (non-hydrogen) atoms. The first-order chi connectivity index (χ1) is 13.4. The van der Waals surface area contributed by atoms with Crippen LogP contribution in [-0.4, -0.2) is 45.0 Å². The number of hydrogen-bond acceptors (Lipinski definition) is 5. The van der Waals surface area contributed by atoms with Gasteiger partial charge in [0.1, 0.15) is 0 Å². The van der Waals surface area contributed by atoms with Crippen molar-refractivity contribution in [1.29, 1.82) is 0 Å². The van der Waals surface area contributed by atoms with Crippen LogP contribution in [0.3, 0.4) is 0 Å². The molecule has 0 unspecified atom stereocenters. The molecule has 3 heterocycles. The molecule has 0 aliphatic carbocycles. The van der Waals surface area contributed by atoms with E-state index in [9.17, 15) is 9.59 Å². The summed E-state index contributed by atoms with van der Waals surface area (Å²) in [4.78, 5) is 32.0. The number of morpholine rings is 1. The van der Waals surface area contributed by atoms with Crippen molar-refractivity contribution in [2.45, 2.75) is 6.54 Å². The third kappa shape index (κ3) is 3.11. The Morgan fingerprint density at radius 3 is 2.50 bits per heavy atom. The van der Waals surface area contributed by atoms with Crippen molar-refractivity contribution in [2.24, 2.45) is 14.1 Å². The second kappa shape index (κ2) is 7.27. The topological polar surface area (TPSA) is 74.3 Å². The molecule has 1 aliphatic rings. The number of halogens is 2. The van der Waals surface area contributed by atoms with Gasteiger partial charge in [-0.25, -0.2) is 4.79 Å². The van der Waals surface area contributed by atoms with Crippen molar-refractivity contribution in [1.82, 2.24) is 18.7 Å². The average Bonchev–Trinajstić information content (AvgIpc) is 3.07. The molecule has 148 valence electrons. The van der Waals surface area contributed by atoms with E-state index in [1.54, 1.807) is 19.2 Å². The minimum atomic E-state index is -0.416. The Morgan fingerprint density at radius 1 is 1.11 bits per heavy atom. The Bertz CT molecular complexity index is 1170. The number of ether oxygens (including phenoxy) is 1. The molecule has 3 aromatic rings. The summed E-state index contributed by atoms with van der Waals surface area (Å²) in [6.07, 6.45) is 0. The minimum Gasteiger partial charge on any atom is -0.378 e. The molecule has 0 radical (unpaired) electrons. The van der Waals surface area contributed by atoms with Crippen LogP contribution in [0.4, 0.5) is 5.95 Å². The van der Waals surface area contributed by atoms with Gasteiger partial charge in [-0.2, -0.15) is 4.98 Å². The summed E-state index contributed by atoms with van der Waals surface area (Å²) in [5.74, 6) is 0.614. The molecule has 0 atom stereocenters. The monoisotopic (exact) mass is 423 g/mol. The highest BCUT2D eigenvalue weighted by Crippen LogP contribution is 2.26. The molecule has 0 amide bonds. The Labute approximate surface area is 170 Å². The fourth-order valence-corrected chi connectivity index (χ4v) is 3.88. The lowest BCUT2D eigenvalue weighted by Gasteiger charge is -2.28. The Balaban J connectivity index is 1.97. The number of fused-ring (bicyclic) bond motifs is 1. The fourth-order valence-electron chi connectivity index (χ4n) is 3.41. The maximum atomic E-state index is 12.9. The second-order valence-corrected chi connectivity index (χ2v) is 7.55. The van der Waals surface area contributed by atoms with Crippen LogP contribution >= 0.6 is 23.2 Å². The molecular formula is C18H19Cl2N5O3. The molecule has 8 nitrogen and oxygen atoms in total. The van der Waals surface area contributed by atoms with Gasteiger partial charge in [-0.05, 0) is 17.7 Å². The molecule has 1 fully saturated rings. The minimum absolute atomic E-state index is 0.326. The normalized spacial score (nSPS) is 14.8. The number of imidazole rings is 1. The number of aromatic nitrogens is 4.